The number of hydrogen-bond donors (Lipinski definition) is 0. The molecule has 1 aliphatic carbocycles. The van der Waals surface area contributed by atoms with Crippen LogP contribution in [-0.2, 0) is 5.41 Å². The molecule has 322 valence electrons. The van der Waals surface area contributed by atoms with E-state index in [-0.39, 0.29) is 0 Å². The van der Waals surface area contributed by atoms with Gasteiger partial charge in [0.25, 0.3) is 0 Å². The van der Waals surface area contributed by atoms with Crippen LogP contribution >= 0.6 is 11.3 Å². The fourth-order valence-electron chi connectivity index (χ4n) is 11.0. The van der Waals surface area contributed by atoms with Gasteiger partial charge in [-0.1, -0.05) is 218 Å². The second kappa shape index (κ2) is 15.7. The molecule has 3 heterocycles. The van der Waals surface area contributed by atoms with Crippen molar-refractivity contribution in [3.05, 3.63) is 259 Å². The molecule has 69 heavy (non-hydrogen) atoms. The van der Waals surface area contributed by atoms with Crippen molar-refractivity contribution in [2.24, 2.45) is 0 Å². The average Bonchev–Trinajstić information content (AvgIpc) is 4.10. The molecule has 0 atom stereocenters. The van der Waals surface area contributed by atoms with Crippen LogP contribution in [0.5, 0.6) is 0 Å². The Morgan fingerprint density at radius 3 is 1.59 bits per heavy atom. The largest absolute Gasteiger partial charge is 0.455 e. The van der Waals surface area contributed by atoms with Crippen molar-refractivity contribution in [1.82, 2.24) is 15.0 Å². The molecule has 0 bridgehead atoms. The molecule has 13 aromatic rings. The molecule has 0 amide bonds. The van der Waals surface area contributed by atoms with Crippen molar-refractivity contribution in [3.63, 3.8) is 0 Å². The summed E-state index contributed by atoms with van der Waals surface area (Å²) in [7, 11) is 0. The highest BCUT2D eigenvalue weighted by atomic mass is 32.1. The second-order valence-electron chi connectivity index (χ2n) is 17.8. The lowest BCUT2D eigenvalue weighted by atomic mass is 9.67. The number of rotatable bonds is 7. The molecule has 0 saturated carbocycles. The predicted octanol–water partition coefficient (Wildman–Crippen LogP) is 16.8. The van der Waals surface area contributed by atoms with Crippen LogP contribution in [0.1, 0.15) is 22.3 Å². The Labute approximate surface area is 402 Å². The Morgan fingerprint density at radius 1 is 0.333 bits per heavy atom. The van der Waals surface area contributed by atoms with Crippen molar-refractivity contribution in [1.29, 1.82) is 0 Å². The summed E-state index contributed by atoms with van der Waals surface area (Å²) >= 11 is 1.79. The fraction of sp³-hybridized carbons (Fsp3) is 0.0156. The summed E-state index contributed by atoms with van der Waals surface area (Å²) < 4.78 is 8.78. The van der Waals surface area contributed by atoms with E-state index in [1.807, 2.05) is 12.1 Å². The first-order valence-corrected chi connectivity index (χ1v) is 24.2. The summed E-state index contributed by atoms with van der Waals surface area (Å²) in [6.07, 6.45) is 0. The molecule has 0 unspecified atom stereocenters. The number of para-hydroxylation sites is 2. The molecular formula is C64H39N3OS. The molecule has 0 fully saturated rings. The van der Waals surface area contributed by atoms with Crippen molar-refractivity contribution in [2.75, 3.05) is 0 Å². The standard InChI is InChI=1S/C64H39N3OS/c1-3-16-44(17-4-1)64(45-18-5-2-6-19-45)54-28-10-7-22-51(54)58-52(26-15-29-55(58)64)62-65-61(66-63(67-62)53-27-14-25-50-48-21-9-12-31-57(48)69-60(50)53)43-38-34-41(35-39-43)40-32-36-42(37-33-40)46-23-13-24-49-47-20-8-11-30-56(47)68-59(46)49/h1-39H. The van der Waals surface area contributed by atoms with Gasteiger partial charge in [-0.15, -0.1) is 11.3 Å². The molecule has 0 spiro atoms. The van der Waals surface area contributed by atoms with Crippen LogP contribution in [0.3, 0.4) is 0 Å². The molecule has 3 aromatic heterocycles. The van der Waals surface area contributed by atoms with Gasteiger partial charge >= 0.3 is 0 Å². The number of hydrogen-bond acceptors (Lipinski definition) is 5. The predicted molar refractivity (Wildman–Crippen MR) is 284 cm³/mol. The Morgan fingerprint density at radius 2 is 0.841 bits per heavy atom. The third-order valence-corrected chi connectivity index (χ3v) is 15.3. The number of nitrogens with zero attached hydrogens (tertiary/aromatic N) is 3. The minimum absolute atomic E-state index is 0.555. The highest BCUT2D eigenvalue weighted by Gasteiger charge is 2.47. The maximum Gasteiger partial charge on any atom is 0.165 e. The molecule has 0 saturated heterocycles. The van der Waals surface area contributed by atoms with Crippen molar-refractivity contribution >= 4 is 53.4 Å². The van der Waals surface area contributed by atoms with E-state index >= 15 is 0 Å². The molecule has 0 aliphatic heterocycles. The maximum absolute atomic E-state index is 6.38. The Kier molecular flexibility index (Phi) is 8.95. The number of fused-ring (bicyclic) bond motifs is 9. The zero-order chi connectivity index (χ0) is 45.5. The van der Waals surface area contributed by atoms with Crippen molar-refractivity contribution in [2.45, 2.75) is 5.41 Å². The zero-order valence-electron chi connectivity index (χ0n) is 37.2. The highest BCUT2D eigenvalue weighted by Crippen LogP contribution is 2.58. The first-order valence-electron chi connectivity index (χ1n) is 23.3. The van der Waals surface area contributed by atoms with Gasteiger partial charge in [0.1, 0.15) is 11.2 Å². The summed E-state index contributed by atoms with van der Waals surface area (Å²) in [6.45, 7) is 0. The quantitative estimate of drug-likeness (QED) is 0.160. The van der Waals surface area contributed by atoms with Gasteiger partial charge in [0.05, 0.1) is 5.41 Å². The Balaban J connectivity index is 0.923. The van der Waals surface area contributed by atoms with E-state index in [0.717, 1.165) is 71.1 Å². The smallest absolute Gasteiger partial charge is 0.165 e. The molecule has 0 N–H and O–H groups in total. The first-order chi connectivity index (χ1) is 34.2. The molecule has 0 radical (unpaired) electrons. The minimum atomic E-state index is -0.555. The average molecular weight is 898 g/mol. The summed E-state index contributed by atoms with van der Waals surface area (Å²) in [5, 5.41) is 4.69. The van der Waals surface area contributed by atoms with Crippen LogP contribution in [0, 0.1) is 0 Å². The number of thiophene rings is 1. The lowest BCUT2D eigenvalue weighted by molar-refractivity contribution is 0.670. The van der Waals surface area contributed by atoms with E-state index in [9.17, 15) is 0 Å². The van der Waals surface area contributed by atoms with E-state index in [1.54, 1.807) is 11.3 Å². The molecular weight excluding hydrogens is 859 g/mol. The normalized spacial score (nSPS) is 12.8. The number of furan rings is 1. The molecule has 10 aromatic carbocycles. The molecule has 5 heteroatoms. The third-order valence-electron chi connectivity index (χ3n) is 14.1. The monoisotopic (exact) mass is 897 g/mol. The number of aromatic nitrogens is 3. The topological polar surface area (TPSA) is 51.8 Å². The van der Waals surface area contributed by atoms with E-state index in [4.69, 9.17) is 19.4 Å². The van der Waals surface area contributed by atoms with Crippen molar-refractivity contribution < 1.29 is 4.42 Å². The zero-order valence-corrected chi connectivity index (χ0v) is 38.0. The minimum Gasteiger partial charge on any atom is -0.455 e. The molecule has 4 nitrogen and oxygen atoms in total. The van der Waals surface area contributed by atoms with Crippen LogP contribution in [0.15, 0.2) is 241 Å². The van der Waals surface area contributed by atoms with Crippen LogP contribution in [0.4, 0.5) is 0 Å². The van der Waals surface area contributed by atoms with E-state index in [1.165, 1.54) is 43.3 Å². The van der Waals surface area contributed by atoms with Crippen LogP contribution < -0.4 is 0 Å². The van der Waals surface area contributed by atoms with Gasteiger partial charge in [-0.3, -0.25) is 0 Å². The second-order valence-corrected chi connectivity index (χ2v) is 18.8. The van der Waals surface area contributed by atoms with Gasteiger partial charge in [0.15, 0.2) is 17.5 Å². The first kappa shape index (κ1) is 39.4. The summed E-state index contributed by atoms with van der Waals surface area (Å²) in [6, 6.07) is 84.4. The summed E-state index contributed by atoms with van der Waals surface area (Å²) in [4.78, 5) is 16.2. The van der Waals surface area contributed by atoms with E-state index in [2.05, 4.69) is 224 Å². The van der Waals surface area contributed by atoms with Crippen LogP contribution in [-0.4, -0.2) is 15.0 Å². The Bertz CT molecular complexity index is 4080. The van der Waals surface area contributed by atoms with Gasteiger partial charge in [-0.25, -0.2) is 15.0 Å². The van der Waals surface area contributed by atoms with Gasteiger partial charge < -0.3 is 4.42 Å². The van der Waals surface area contributed by atoms with Crippen LogP contribution in [0.2, 0.25) is 0 Å². The molecule has 14 rings (SSSR count). The summed E-state index contributed by atoms with van der Waals surface area (Å²) in [5.74, 6) is 1.90. The fourth-order valence-corrected chi connectivity index (χ4v) is 12.2. The highest BCUT2D eigenvalue weighted by molar-refractivity contribution is 7.26. The van der Waals surface area contributed by atoms with Crippen molar-refractivity contribution in [3.8, 4) is 67.5 Å². The third kappa shape index (κ3) is 6.11. The van der Waals surface area contributed by atoms with Gasteiger partial charge in [-0.05, 0) is 68.3 Å². The lowest BCUT2D eigenvalue weighted by Gasteiger charge is -2.33. The summed E-state index contributed by atoms with van der Waals surface area (Å²) in [5.41, 5.74) is 15.7. The van der Waals surface area contributed by atoms with E-state index < -0.39 is 5.41 Å². The van der Waals surface area contributed by atoms with Gasteiger partial charge in [0, 0.05) is 53.2 Å². The van der Waals surface area contributed by atoms with Gasteiger partial charge in [-0.2, -0.15) is 0 Å². The van der Waals surface area contributed by atoms with Gasteiger partial charge in [0.2, 0.25) is 0 Å². The molecule has 1 aliphatic rings. The maximum atomic E-state index is 6.38. The van der Waals surface area contributed by atoms with Crippen LogP contribution in [0.25, 0.3) is 110 Å². The van der Waals surface area contributed by atoms with E-state index in [0.29, 0.717) is 17.5 Å². The lowest BCUT2D eigenvalue weighted by Crippen LogP contribution is -2.28. The number of benzene rings is 10. The SMILES string of the molecule is c1ccc(C2(c3ccccc3)c3ccccc3-c3c(-c4nc(-c5ccc(-c6ccc(-c7cccc8c7oc7ccccc78)cc6)cc5)nc(-c5cccc6c5sc5ccccc56)n4)cccc32)cc1. The Hall–Kier alpha value is -8.77.